The average Bonchev–Trinajstić information content (AvgIpc) is 2.16. The highest BCUT2D eigenvalue weighted by atomic mass is 19.1. The van der Waals surface area contributed by atoms with Gasteiger partial charge in [0.2, 0.25) is 0 Å². The standard InChI is InChI=1S/C12H23FN2/c1-9-5-10(2)8-15(7-9)12-3-4-14-6-11(12)13/h9-12,14H,3-8H2,1-2H3. The van der Waals surface area contributed by atoms with Crippen LogP contribution >= 0.6 is 0 Å². The molecule has 3 heteroatoms. The number of piperidine rings is 2. The molecule has 4 unspecified atom stereocenters. The van der Waals surface area contributed by atoms with Gasteiger partial charge in [-0.1, -0.05) is 13.8 Å². The summed E-state index contributed by atoms with van der Waals surface area (Å²) in [6.07, 6.45) is 1.61. The Hall–Kier alpha value is -0.150. The second kappa shape index (κ2) is 4.79. The number of hydrogen-bond donors (Lipinski definition) is 1. The molecular weight excluding hydrogens is 191 g/mol. The lowest BCUT2D eigenvalue weighted by Gasteiger charge is -2.43. The zero-order valence-corrected chi connectivity index (χ0v) is 9.88. The monoisotopic (exact) mass is 214 g/mol. The van der Waals surface area contributed by atoms with E-state index in [1.54, 1.807) is 0 Å². The Balaban J connectivity index is 1.95. The van der Waals surface area contributed by atoms with E-state index in [0.29, 0.717) is 6.54 Å². The first-order valence-corrected chi connectivity index (χ1v) is 6.25. The summed E-state index contributed by atoms with van der Waals surface area (Å²) in [7, 11) is 0. The van der Waals surface area contributed by atoms with Crippen molar-refractivity contribution in [3.63, 3.8) is 0 Å². The van der Waals surface area contributed by atoms with Gasteiger partial charge in [-0.15, -0.1) is 0 Å². The van der Waals surface area contributed by atoms with Gasteiger partial charge in [-0.3, -0.25) is 4.90 Å². The van der Waals surface area contributed by atoms with E-state index < -0.39 is 6.17 Å². The van der Waals surface area contributed by atoms with E-state index in [2.05, 4.69) is 24.1 Å². The van der Waals surface area contributed by atoms with E-state index in [1.165, 1.54) is 6.42 Å². The molecule has 2 fully saturated rings. The van der Waals surface area contributed by atoms with Crippen molar-refractivity contribution >= 4 is 0 Å². The molecule has 2 aliphatic heterocycles. The summed E-state index contributed by atoms with van der Waals surface area (Å²) in [5, 5.41) is 3.12. The lowest BCUT2D eigenvalue weighted by atomic mass is 9.89. The summed E-state index contributed by atoms with van der Waals surface area (Å²) < 4.78 is 13.8. The van der Waals surface area contributed by atoms with Crippen LogP contribution in [0.1, 0.15) is 26.7 Å². The van der Waals surface area contributed by atoms with Crippen molar-refractivity contribution < 1.29 is 4.39 Å². The van der Waals surface area contributed by atoms with Gasteiger partial charge >= 0.3 is 0 Å². The molecule has 2 saturated heterocycles. The molecule has 2 rings (SSSR count). The first-order chi connectivity index (χ1) is 7.16. The third-order valence-corrected chi connectivity index (χ3v) is 3.74. The van der Waals surface area contributed by atoms with Crippen molar-refractivity contribution in [1.29, 1.82) is 0 Å². The molecular formula is C12H23FN2. The predicted molar refractivity (Wildman–Crippen MR) is 60.7 cm³/mol. The Bertz CT molecular complexity index is 200. The van der Waals surface area contributed by atoms with Crippen LogP contribution in [0.4, 0.5) is 4.39 Å². The van der Waals surface area contributed by atoms with Gasteiger partial charge in [0, 0.05) is 25.7 Å². The topological polar surface area (TPSA) is 15.3 Å². The molecule has 0 aromatic rings. The number of rotatable bonds is 1. The van der Waals surface area contributed by atoms with Gasteiger partial charge in [-0.25, -0.2) is 4.39 Å². The molecule has 0 spiro atoms. The van der Waals surface area contributed by atoms with E-state index in [4.69, 9.17) is 0 Å². The first-order valence-electron chi connectivity index (χ1n) is 6.25. The maximum absolute atomic E-state index is 13.8. The Morgan fingerprint density at radius 3 is 2.47 bits per heavy atom. The van der Waals surface area contributed by atoms with Crippen molar-refractivity contribution in [3.05, 3.63) is 0 Å². The third kappa shape index (κ3) is 2.70. The fourth-order valence-corrected chi connectivity index (χ4v) is 3.20. The van der Waals surface area contributed by atoms with Crippen molar-refractivity contribution in [2.24, 2.45) is 11.8 Å². The zero-order chi connectivity index (χ0) is 10.8. The number of likely N-dealkylation sites (tertiary alicyclic amines) is 1. The van der Waals surface area contributed by atoms with Crippen LogP contribution in [0.5, 0.6) is 0 Å². The summed E-state index contributed by atoms with van der Waals surface area (Å²) in [6, 6.07) is 0.177. The minimum atomic E-state index is -0.670. The second-order valence-corrected chi connectivity index (χ2v) is 5.48. The lowest BCUT2D eigenvalue weighted by Crippen LogP contribution is -2.54. The Kier molecular flexibility index (Phi) is 3.62. The van der Waals surface area contributed by atoms with Crippen molar-refractivity contribution in [3.8, 4) is 0 Å². The van der Waals surface area contributed by atoms with Gasteiger partial charge in [-0.2, -0.15) is 0 Å². The van der Waals surface area contributed by atoms with E-state index in [1.807, 2.05) is 0 Å². The third-order valence-electron chi connectivity index (χ3n) is 3.74. The molecule has 0 aromatic carbocycles. The van der Waals surface area contributed by atoms with Crippen LogP contribution < -0.4 is 5.32 Å². The zero-order valence-electron chi connectivity index (χ0n) is 9.88. The van der Waals surface area contributed by atoms with Crippen LogP contribution in [-0.2, 0) is 0 Å². The van der Waals surface area contributed by atoms with E-state index in [0.717, 1.165) is 37.9 Å². The minimum absolute atomic E-state index is 0.177. The van der Waals surface area contributed by atoms with Crippen LogP contribution in [0.15, 0.2) is 0 Å². The van der Waals surface area contributed by atoms with Crippen LogP contribution in [0.25, 0.3) is 0 Å². The van der Waals surface area contributed by atoms with Gasteiger partial charge in [0.05, 0.1) is 0 Å². The summed E-state index contributed by atoms with van der Waals surface area (Å²) in [5.41, 5.74) is 0. The summed E-state index contributed by atoms with van der Waals surface area (Å²) in [6.45, 7) is 8.28. The number of hydrogen-bond acceptors (Lipinski definition) is 2. The van der Waals surface area contributed by atoms with Crippen molar-refractivity contribution in [1.82, 2.24) is 10.2 Å². The minimum Gasteiger partial charge on any atom is -0.314 e. The van der Waals surface area contributed by atoms with Gasteiger partial charge in [-0.05, 0) is 31.2 Å². The van der Waals surface area contributed by atoms with Gasteiger partial charge in [0.15, 0.2) is 0 Å². The largest absolute Gasteiger partial charge is 0.314 e. The molecule has 0 radical (unpaired) electrons. The number of halogens is 1. The highest BCUT2D eigenvalue weighted by molar-refractivity contribution is 4.89. The Morgan fingerprint density at radius 1 is 1.20 bits per heavy atom. The summed E-state index contributed by atoms with van der Waals surface area (Å²) in [5.74, 6) is 1.46. The maximum atomic E-state index is 13.8. The summed E-state index contributed by atoms with van der Waals surface area (Å²) in [4.78, 5) is 2.39. The van der Waals surface area contributed by atoms with E-state index in [9.17, 15) is 4.39 Å². The van der Waals surface area contributed by atoms with Gasteiger partial charge in [0.25, 0.3) is 0 Å². The van der Waals surface area contributed by atoms with Crippen LogP contribution in [0.3, 0.4) is 0 Å². The van der Waals surface area contributed by atoms with Crippen LogP contribution in [0, 0.1) is 11.8 Å². The predicted octanol–water partition coefficient (Wildman–Crippen LogP) is 1.66. The molecule has 1 N–H and O–H groups in total. The quantitative estimate of drug-likeness (QED) is 0.714. The van der Waals surface area contributed by atoms with Crippen LogP contribution in [0.2, 0.25) is 0 Å². The molecule has 2 heterocycles. The molecule has 4 atom stereocenters. The van der Waals surface area contributed by atoms with Gasteiger partial charge in [0.1, 0.15) is 6.17 Å². The molecule has 0 aromatic heterocycles. The van der Waals surface area contributed by atoms with E-state index in [-0.39, 0.29) is 6.04 Å². The molecule has 0 amide bonds. The Morgan fingerprint density at radius 2 is 1.87 bits per heavy atom. The highest BCUT2D eigenvalue weighted by Gasteiger charge is 2.33. The fourth-order valence-electron chi connectivity index (χ4n) is 3.20. The van der Waals surface area contributed by atoms with Crippen molar-refractivity contribution in [2.45, 2.75) is 38.9 Å². The van der Waals surface area contributed by atoms with Crippen molar-refractivity contribution in [2.75, 3.05) is 26.2 Å². The molecule has 0 aliphatic carbocycles. The number of nitrogens with one attached hydrogen (secondary N) is 1. The molecule has 15 heavy (non-hydrogen) atoms. The molecule has 0 bridgehead atoms. The molecule has 2 nitrogen and oxygen atoms in total. The normalized spacial score (nSPS) is 44.2. The number of alkyl halides is 1. The molecule has 88 valence electrons. The average molecular weight is 214 g/mol. The Labute approximate surface area is 92.2 Å². The first kappa shape index (κ1) is 11.3. The molecule has 0 saturated carbocycles. The number of nitrogens with zero attached hydrogens (tertiary/aromatic N) is 1. The second-order valence-electron chi connectivity index (χ2n) is 5.48. The molecule has 2 aliphatic rings. The van der Waals surface area contributed by atoms with Crippen LogP contribution in [-0.4, -0.2) is 43.3 Å². The smallest absolute Gasteiger partial charge is 0.128 e. The van der Waals surface area contributed by atoms with Gasteiger partial charge < -0.3 is 5.32 Å². The maximum Gasteiger partial charge on any atom is 0.128 e. The summed E-state index contributed by atoms with van der Waals surface area (Å²) >= 11 is 0. The van der Waals surface area contributed by atoms with E-state index >= 15 is 0 Å². The fraction of sp³-hybridized carbons (Fsp3) is 1.00. The SMILES string of the molecule is CC1CC(C)CN(C2CCNCC2F)C1. The lowest BCUT2D eigenvalue weighted by molar-refractivity contribution is 0.0348. The highest BCUT2D eigenvalue weighted by Crippen LogP contribution is 2.26.